The highest BCUT2D eigenvalue weighted by Gasteiger charge is 2.31. The monoisotopic (exact) mass is 425 g/mol. The predicted molar refractivity (Wildman–Crippen MR) is 118 cm³/mol. The lowest BCUT2D eigenvalue weighted by Gasteiger charge is -2.25. The number of fused-ring (bicyclic) bond motifs is 1. The molecule has 0 saturated heterocycles. The van der Waals surface area contributed by atoms with Crippen LogP contribution in [0.1, 0.15) is 36.6 Å². The maximum Gasteiger partial charge on any atom is 0.225 e. The van der Waals surface area contributed by atoms with E-state index < -0.39 is 0 Å². The zero-order chi connectivity index (χ0) is 21.3. The highest BCUT2D eigenvalue weighted by atomic mass is 32.1. The van der Waals surface area contributed by atoms with Gasteiger partial charge in [-0.05, 0) is 29.7 Å². The Morgan fingerprint density at radius 1 is 1.17 bits per heavy atom. The van der Waals surface area contributed by atoms with Crippen LogP contribution in [0, 0.1) is 11.7 Å². The van der Waals surface area contributed by atoms with Crippen molar-refractivity contribution in [2.45, 2.75) is 26.2 Å². The average Bonchev–Trinajstić information content (AvgIpc) is 3.15. The van der Waals surface area contributed by atoms with Gasteiger partial charge in [0.05, 0.1) is 19.4 Å². The van der Waals surface area contributed by atoms with Gasteiger partial charge < -0.3 is 14.8 Å². The number of ether oxygens (including phenoxy) is 2. The van der Waals surface area contributed by atoms with Crippen molar-refractivity contribution in [1.82, 2.24) is 0 Å². The van der Waals surface area contributed by atoms with Gasteiger partial charge in [-0.15, -0.1) is 11.3 Å². The summed E-state index contributed by atoms with van der Waals surface area (Å²) in [5, 5.41) is 4.87. The SMILES string of the molecule is COc1cc(C2CC(=O)Nc3c(-c4ccccc4F)csc32)ccc1OCC(C)C. The molecule has 0 aliphatic carbocycles. The Hall–Kier alpha value is -2.86. The van der Waals surface area contributed by atoms with Crippen molar-refractivity contribution in [3.05, 3.63) is 64.1 Å². The van der Waals surface area contributed by atoms with E-state index in [4.69, 9.17) is 9.47 Å². The molecule has 1 atom stereocenters. The number of benzene rings is 2. The van der Waals surface area contributed by atoms with E-state index >= 15 is 0 Å². The first-order valence-electron chi connectivity index (χ1n) is 9.94. The maximum atomic E-state index is 14.4. The van der Waals surface area contributed by atoms with Gasteiger partial charge in [0.2, 0.25) is 5.91 Å². The van der Waals surface area contributed by atoms with Crippen LogP contribution in [0.15, 0.2) is 47.8 Å². The second-order valence-electron chi connectivity index (χ2n) is 7.79. The highest BCUT2D eigenvalue weighted by Crippen LogP contribution is 2.48. The predicted octanol–water partition coefficient (Wildman–Crippen LogP) is 6.07. The lowest BCUT2D eigenvalue weighted by Crippen LogP contribution is -2.22. The summed E-state index contributed by atoms with van der Waals surface area (Å²) in [6, 6.07) is 12.4. The Bertz CT molecular complexity index is 1080. The van der Waals surface area contributed by atoms with Crippen molar-refractivity contribution in [2.24, 2.45) is 5.92 Å². The Morgan fingerprint density at radius 2 is 1.97 bits per heavy atom. The second kappa shape index (κ2) is 8.48. The van der Waals surface area contributed by atoms with E-state index in [1.807, 2.05) is 23.6 Å². The molecule has 2 aromatic carbocycles. The van der Waals surface area contributed by atoms with E-state index in [1.54, 1.807) is 25.3 Å². The number of carbonyl (C=O) groups excluding carboxylic acids is 1. The molecule has 6 heteroatoms. The van der Waals surface area contributed by atoms with Crippen LogP contribution in [0.3, 0.4) is 0 Å². The third-order valence-electron chi connectivity index (χ3n) is 5.12. The molecule has 0 saturated carbocycles. The zero-order valence-corrected chi connectivity index (χ0v) is 18.0. The molecule has 1 N–H and O–H groups in total. The molecule has 1 unspecified atom stereocenters. The van der Waals surface area contributed by atoms with Crippen molar-refractivity contribution in [1.29, 1.82) is 0 Å². The van der Waals surface area contributed by atoms with Crippen LogP contribution in [0.25, 0.3) is 11.1 Å². The van der Waals surface area contributed by atoms with Gasteiger partial charge in [0.25, 0.3) is 0 Å². The number of anilines is 1. The van der Waals surface area contributed by atoms with E-state index in [-0.39, 0.29) is 17.6 Å². The van der Waals surface area contributed by atoms with Gasteiger partial charge in [0, 0.05) is 33.7 Å². The molecule has 1 aliphatic rings. The van der Waals surface area contributed by atoms with Crippen molar-refractivity contribution < 1.29 is 18.7 Å². The lowest BCUT2D eigenvalue weighted by atomic mass is 9.89. The number of amides is 1. The van der Waals surface area contributed by atoms with Gasteiger partial charge in [-0.3, -0.25) is 4.79 Å². The molecule has 1 aromatic heterocycles. The summed E-state index contributed by atoms with van der Waals surface area (Å²) >= 11 is 1.54. The van der Waals surface area contributed by atoms with E-state index in [0.29, 0.717) is 41.7 Å². The Labute approximate surface area is 179 Å². The molecule has 2 heterocycles. The smallest absolute Gasteiger partial charge is 0.225 e. The third-order valence-corrected chi connectivity index (χ3v) is 6.21. The molecule has 0 spiro atoms. The van der Waals surface area contributed by atoms with Crippen molar-refractivity contribution in [2.75, 3.05) is 19.0 Å². The van der Waals surface area contributed by atoms with Gasteiger partial charge in [0.1, 0.15) is 5.82 Å². The topological polar surface area (TPSA) is 47.6 Å². The van der Waals surface area contributed by atoms with Crippen LogP contribution in [0.4, 0.5) is 10.1 Å². The van der Waals surface area contributed by atoms with Crippen LogP contribution in [-0.4, -0.2) is 19.6 Å². The van der Waals surface area contributed by atoms with E-state index in [9.17, 15) is 9.18 Å². The van der Waals surface area contributed by atoms with Crippen LogP contribution in [0.5, 0.6) is 11.5 Å². The van der Waals surface area contributed by atoms with Gasteiger partial charge in [-0.1, -0.05) is 38.1 Å². The van der Waals surface area contributed by atoms with Crippen LogP contribution in [0.2, 0.25) is 0 Å². The summed E-state index contributed by atoms with van der Waals surface area (Å²) in [4.78, 5) is 13.5. The Balaban J connectivity index is 1.72. The molecule has 30 heavy (non-hydrogen) atoms. The molecular weight excluding hydrogens is 401 g/mol. The molecule has 156 valence electrons. The number of hydrogen-bond acceptors (Lipinski definition) is 4. The van der Waals surface area contributed by atoms with E-state index in [1.165, 1.54) is 17.4 Å². The summed E-state index contributed by atoms with van der Waals surface area (Å²) in [7, 11) is 1.61. The fourth-order valence-electron chi connectivity index (χ4n) is 3.65. The number of methoxy groups -OCH3 is 1. The number of thiophene rings is 1. The van der Waals surface area contributed by atoms with Gasteiger partial charge in [-0.2, -0.15) is 0 Å². The number of nitrogens with one attached hydrogen (secondary N) is 1. The minimum Gasteiger partial charge on any atom is -0.493 e. The van der Waals surface area contributed by atoms with E-state index in [0.717, 1.165) is 16.0 Å². The number of hydrogen-bond donors (Lipinski definition) is 1. The molecule has 0 radical (unpaired) electrons. The Kier molecular flexibility index (Phi) is 5.77. The van der Waals surface area contributed by atoms with Crippen molar-refractivity contribution in [3.8, 4) is 22.6 Å². The standard InChI is InChI=1S/C24H24FNO3S/c1-14(2)12-29-20-9-8-15(10-21(20)28-3)17-11-22(27)26-23-18(13-30-24(17)23)16-6-4-5-7-19(16)25/h4-10,13-14,17H,11-12H2,1-3H3,(H,26,27). The minimum absolute atomic E-state index is 0.0809. The molecular formula is C24H24FNO3S. The number of rotatable bonds is 6. The molecule has 0 fully saturated rings. The average molecular weight is 426 g/mol. The quantitative estimate of drug-likeness (QED) is 0.521. The van der Waals surface area contributed by atoms with Gasteiger partial charge >= 0.3 is 0 Å². The van der Waals surface area contributed by atoms with Crippen LogP contribution in [-0.2, 0) is 4.79 Å². The fraction of sp³-hybridized carbons (Fsp3) is 0.292. The molecule has 1 amide bonds. The Morgan fingerprint density at radius 3 is 2.70 bits per heavy atom. The first-order chi connectivity index (χ1) is 14.5. The summed E-state index contributed by atoms with van der Waals surface area (Å²) in [5.74, 6) is 1.24. The summed E-state index contributed by atoms with van der Waals surface area (Å²) < 4.78 is 25.8. The maximum absolute atomic E-state index is 14.4. The third kappa shape index (κ3) is 3.92. The first-order valence-corrected chi connectivity index (χ1v) is 10.8. The fourth-order valence-corrected chi connectivity index (χ4v) is 4.80. The van der Waals surface area contributed by atoms with Gasteiger partial charge in [0.15, 0.2) is 11.5 Å². The number of carbonyl (C=O) groups is 1. The van der Waals surface area contributed by atoms with Crippen LogP contribution < -0.4 is 14.8 Å². The molecule has 4 nitrogen and oxygen atoms in total. The number of halogens is 1. The van der Waals surface area contributed by atoms with Gasteiger partial charge in [-0.25, -0.2) is 4.39 Å². The normalized spacial score (nSPS) is 15.6. The second-order valence-corrected chi connectivity index (χ2v) is 8.70. The largest absolute Gasteiger partial charge is 0.493 e. The lowest BCUT2D eigenvalue weighted by molar-refractivity contribution is -0.116. The molecule has 1 aliphatic heterocycles. The highest BCUT2D eigenvalue weighted by molar-refractivity contribution is 7.11. The summed E-state index contributed by atoms with van der Waals surface area (Å²) in [6.07, 6.45) is 0.333. The minimum atomic E-state index is -0.303. The molecule has 3 aromatic rings. The summed E-state index contributed by atoms with van der Waals surface area (Å²) in [5.41, 5.74) is 2.88. The first kappa shape index (κ1) is 20.4. The molecule has 0 bridgehead atoms. The zero-order valence-electron chi connectivity index (χ0n) is 17.2. The van der Waals surface area contributed by atoms with Crippen molar-refractivity contribution in [3.63, 3.8) is 0 Å². The van der Waals surface area contributed by atoms with E-state index in [2.05, 4.69) is 19.2 Å². The molecule has 4 rings (SSSR count). The van der Waals surface area contributed by atoms with Crippen LogP contribution >= 0.6 is 11.3 Å². The van der Waals surface area contributed by atoms with Crippen molar-refractivity contribution >= 4 is 22.9 Å². The summed E-state index contributed by atoms with van der Waals surface area (Å²) in [6.45, 7) is 4.78.